The first-order valence-corrected chi connectivity index (χ1v) is 11.5. The molecule has 0 unspecified atom stereocenters. The number of nitrogens with one attached hydrogen (secondary N) is 1. The molecule has 0 saturated carbocycles. The van der Waals surface area contributed by atoms with Gasteiger partial charge in [-0.15, -0.1) is 0 Å². The zero-order chi connectivity index (χ0) is 21.3. The summed E-state index contributed by atoms with van der Waals surface area (Å²) in [5, 5.41) is 4.97. The Morgan fingerprint density at radius 2 is 1.83 bits per heavy atom. The fourth-order valence-electron chi connectivity index (χ4n) is 2.91. The van der Waals surface area contributed by atoms with Gasteiger partial charge in [0.25, 0.3) is 10.0 Å². The van der Waals surface area contributed by atoms with E-state index in [0.29, 0.717) is 29.0 Å². The zero-order valence-corrected chi connectivity index (χ0v) is 18.3. The smallest absolute Gasteiger partial charge is 0.263 e. The molecule has 1 N–H and O–H groups in total. The summed E-state index contributed by atoms with van der Waals surface area (Å²) in [5.41, 5.74) is 1.44. The molecular weight excluding hydrogens is 424 g/mol. The van der Waals surface area contributed by atoms with Crippen molar-refractivity contribution >= 4 is 37.4 Å². The third kappa shape index (κ3) is 3.96. The number of ether oxygens (including phenoxy) is 2. The van der Waals surface area contributed by atoms with Crippen LogP contribution in [0.4, 0.5) is 5.82 Å². The predicted molar refractivity (Wildman–Crippen MR) is 116 cm³/mol. The SMILES string of the molecule is CCOc1ccc(S(=O)(=O)Nc2cc(C)nn2-c2nc3ccc(OC)cc3s2)cc1. The lowest BCUT2D eigenvalue weighted by molar-refractivity contribution is 0.340. The molecule has 2 heterocycles. The third-order valence-corrected chi connectivity index (χ3v) is 6.65. The van der Waals surface area contributed by atoms with Gasteiger partial charge in [0.1, 0.15) is 17.3 Å². The maximum Gasteiger partial charge on any atom is 0.263 e. The molecule has 0 amide bonds. The van der Waals surface area contributed by atoms with Crippen molar-refractivity contribution < 1.29 is 17.9 Å². The average molecular weight is 445 g/mol. The molecule has 4 rings (SSSR count). The molecule has 30 heavy (non-hydrogen) atoms. The molecule has 4 aromatic rings. The predicted octanol–water partition coefficient (Wildman–Crippen LogP) is 4.00. The van der Waals surface area contributed by atoms with Crippen molar-refractivity contribution in [2.45, 2.75) is 18.7 Å². The Bertz CT molecular complexity index is 1290. The number of nitrogens with zero attached hydrogens (tertiary/aromatic N) is 3. The second kappa shape index (κ2) is 7.96. The number of hydrogen-bond acceptors (Lipinski definition) is 7. The number of anilines is 1. The number of aromatic nitrogens is 3. The number of methoxy groups -OCH3 is 1. The largest absolute Gasteiger partial charge is 0.497 e. The van der Waals surface area contributed by atoms with E-state index in [1.54, 1.807) is 32.2 Å². The number of fused-ring (bicyclic) bond motifs is 1. The molecule has 0 aliphatic carbocycles. The number of aryl methyl sites for hydroxylation is 1. The van der Waals surface area contributed by atoms with Gasteiger partial charge >= 0.3 is 0 Å². The van der Waals surface area contributed by atoms with Crippen LogP contribution < -0.4 is 14.2 Å². The summed E-state index contributed by atoms with van der Waals surface area (Å²) in [6.45, 7) is 4.17. The van der Waals surface area contributed by atoms with Crippen molar-refractivity contribution in [1.82, 2.24) is 14.8 Å². The molecular formula is C20H20N4O4S2. The molecule has 0 radical (unpaired) electrons. The van der Waals surface area contributed by atoms with Crippen LogP contribution in [0.5, 0.6) is 11.5 Å². The molecule has 10 heteroatoms. The van der Waals surface area contributed by atoms with Gasteiger partial charge in [-0.05, 0) is 56.3 Å². The standard InChI is InChI=1S/C20H20N4O4S2/c1-4-28-14-5-8-16(9-6-14)30(25,26)23-19-11-13(2)22-24(19)20-21-17-10-7-15(27-3)12-18(17)29-20/h5-12,23H,4H2,1-3H3. The maximum atomic E-state index is 12.9. The van der Waals surface area contributed by atoms with Crippen LogP contribution >= 0.6 is 11.3 Å². The molecule has 0 fully saturated rings. The van der Waals surface area contributed by atoms with Crippen molar-refractivity contribution in [3.63, 3.8) is 0 Å². The van der Waals surface area contributed by atoms with Crippen LogP contribution in [-0.2, 0) is 10.0 Å². The second-order valence-electron chi connectivity index (χ2n) is 6.42. The van der Waals surface area contributed by atoms with Crippen molar-refractivity contribution in [2.24, 2.45) is 0 Å². The highest BCUT2D eigenvalue weighted by atomic mass is 32.2. The first-order chi connectivity index (χ1) is 14.4. The first-order valence-electron chi connectivity index (χ1n) is 9.17. The van der Waals surface area contributed by atoms with Crippen LogP contribution in [0.25, 0.3) is 15.3 Å². The zero-order valence-electron chi connectivity index (χ0n) is 16.6. The highest BCUT2D eigenvalue weighted by Crippen LogP contribution is 2.30. The Morgan fingerprint density at radius 3 is 2.53 bits per heavy atom. The summed E-state index contributed by atoms with van der Waals surface area (Å²) in [5.74, 6) is 1.65. The van der Waals surface area contributed by atoms with E-state index in [9.17, 15) is 8.42 Å². The summed E-state index contributed by atoms with van der Waals surface area (Å²) >= 11 is 1.39. The van der Waals surface area contributed by atoms with Gasteiger partial charge in [-0.25, -0.2) is 13.4 Å². The van der Waals surface area contributed by atoms with Gasteiger partial charge in [0, 0.05) is 6.07 Å². The summed E-state index contributed by atoms with van der Waals surface area (Å²) in [6.07, 6.45) is 0. The molecule has 0 aliphatic rings. The second-order valence-corrected chi connectivity index (χ2v) is 9.11. The van der Waals surface area contributed by atoms with Crippen LogP contribution in [0.1, 0.15) is 12.6 Å². The van der Waals surface area contributed by atoms with Crippen LogP contribution in [0.2, 0.25) is 0 Å². The van der Waals surface area contributed by atoms with Gasteiger partial charge in [-0.1, -0.05) is 11.3 Å². The van der Waals surface area contributed by atoms with Crippen molar-refractivity contribution in [1.29, 1.82) is 0 Å². The van der Waals surface area contributed by atoms with E-state index in [0.717, 1.165) is 16.0 Å². The monoisotopic (exact) mass is 444 g/mol. The van der Waals surface area contributed by atoms with E-state index in [2.05, 4.69) is 14.8 Å². The Morgan fingerprint density at radius 1 is 1.10 bits per heavy atom. The molecule has 8 nitrogen and oxygen atoms in total. The lowest BCUT2D eigenvalue weighted by Gasteiger charge is -2.09. The van der Waals surface area contributed by atoms with Gasteiger partial charge < -0.3 is 9.47 Å². The van der Waals surface area contributed by atoms with Gasteiger partial charge in [-0.3, -0.25) is 4.72 Å². The summed E-state index contributed by atoms with van der Waals surface area (Å²) < 4.78 is 41.4. The van der Waals surface area contributed by atoms with E-state index >= 15 is 0 Å². The average Bonchev–Trinajstić information content (AvgIpc) is 3.30. The molecule has 156 valence electrons. The number of hydrogen-bond donors (Lipinski definition) is 1. The van der Waals surface area contributed by atoms with Crippen molar-refractivity contribution in [2.75, 3.05) is 18.4 Å². The number of thiazole rings is 1. The first kappa shape index (κ1) is 20.2. The van der Waals surface area contributed by atoms with Crippen molar-refractivity contribution in [3.8, 4) is 16.6 Å². The molecule has 0 bridgehead atoms. The maximum absolute atomic E-state index is 12.9. The van der Waals surface area contributed by atoms with Gasteiger partial charge in [0.05, 0.1) is 34.5 Å². The van der Waals surface area contributed by atoms with E-state index in [1.165, 1.54) is 28.2 Å². The molecule has 0 spiro atoms. The Kier molecular flexibility index (Phi) is 5.35. The van der Waals surface area contributed by atoms with E-state index in [1.807, 2.05) is 25.1 Å². The van der Waals surface area contributed by atoms with Crippen LogP contribution in [0.15, 0.2) is 53.4 Å². The summed E-state index contributed by atoms with van der Waals surface area (Å²) in [6, 6.07) is 13.5. The number of benzene rings is 2. The number of sulfonamides is 1. The number of rotatable bonds is 7. The summed E-state index contributed by atoms with van der Waals surface area (Å²) in [7, 11) is -2.21. The Balaban J connectivity index is 1.68. The lowest BCUT2D eigenvalue weighted by Crippen LogP contribution is -2.15. The topological polar surface area (TPSA) is 95.3 Å². The third-order valence-electron chi connectivity index (χ3n) is 4.28. The molecule has 0 aliphatic heterocycles. The molecule has 2 aromatic carbocycles. The minimum atomic E-state index is -3.81. The van der Waals surface area contributed by atoms with Crippen LogP contribution in [0, 0.1) is 6.92 Å². The highest BCUT2D eigenvalue weighted by Gasteiger charge is 2.20. The van der Waals surface area contributed by atoms with Gasteiger partial charge in [0.15, 0.2) is 0 Å². The van der Waals surface area contributed by atoms with E-state index in [-0.39, 0.29) is 4.90 Å². The fourth-order valence-corrected chi connectivity index (χ4v) is 4.90. The minimum absolute atomic E-state index is 0.130. The highest BCUT2D eigenvalue weighted by molar-refractivity contribution is 7.92. The van der Waals surface area contributed by atoms with Crippen LogP contribution in [0.3, 0.4) is 0 Å². The summed E-state index contributed by atoms with van der Waals surface area (Å²) in [4.78, 5) is 4.71. The normalized spacial score (nSPS) is 11.6. The molecule has 0 saturated heterocycles. The minimum Gasteiger partial charge on any atom is -0.497 e. The molecule has 2 aromatic heterocycles. The molecule has 0 atom stereocenters. The lowest BCUT2D eigenvalue weighted by atomic mass is 10.3. The van der Waals surface area contributed by atoms with E-state index in [4.69, 9.17) is 9.47 Å². The van der Waals surface area contributed by atoms with Gasteiger partial charge in [-0.2, -0.15) is 9.78 Å². The van der Waals surface area contributed by atoms with E-state index < -0.39 is 10.0 Å². The van der Waals surface area contributed by atoms with Gasteiger partial charge in [0.2, 0.25) is 5.13 Å². The van der Waals surface area contributed by atoms with Crippen molar-refractivity contribution in [3.05, 3.63) is 54.2 Å². The Labute approximate surface area is 178 Å². The Hall–Kier alpha value is -3.11. The quantitative estimate of drug-likeness (QED) is 0.463. The van der Waals surface area contributed by atoms with Crippen LogP contribution in [-0.4, -0.2) is 36.9 Å². The fraction of sp³-hybridized carbons (Fsp3) is 0.200.